The Morgan fingerprint density at radius 3 is 2.53 bits per heavy atom. The molecule has 5 nitrogen and oxygen atoms in total. The van der Waals surface area contributed by atoms with E-state index < -0.39 is 29.2 Å². The molecule has 19 heavy (non-hydrogen) atoms. The third-order valence-corrected chi connectivity index (χ3v) is 2.23. The fourth-order valence-corrected chi connectivity index (χ4v) is 1.36. The smallest absolute Gasteiger partial charge is 0.419 e. The number of rotatable bonds is 2. The fourth-order valence-electron chi connectivity index (χ4n) is 1.36. The maximum Gasteiger partial charge on any atom is 0.419 e. The Morgan fingerprint density at radius 1 is 1.32 bits per heavy atom. The molecule has 0 aliphatic heterocycles. The minimum atomic E-state index is -4.85. The molecule has 9 heteroatoms. The molecule has 0 saturated carbocycles. The molecule has 0 aliphatic rings. The Kier molecular flexibility index (Phi) is 2.97. The minimum absolute atomic E-state index is 0.145. The van der Waals surface area contributed by atoms with E-state index in [9.17, 15) is 22.4 Å². The zero-order chi connectivity index (χ0) is 14.2. The van der Waals surface area contributed by atoms with E-state index in [2.05, 4.69) is 10.3 Å². The average molecular weight is 275 g/mol. The first-order valence-corrected chi connectivity index (χ1v) is 4.82. The molecule has 1 aromatic heterocycles. The van der Waals surface area contributed by atoms with Crippen LogP contribution in [-0.4, -0.2) is 26.1 Å². The summed E-state index contributed by atoms with van der Waals surface area (Å²) in [5, 5.41) is 15.2. The number of hydrogen-bond donors (Lipinski definition) is 1. The van der Waals surface area contributed by atoms with Gasteiger partial charge in [-0.15, -0.1) is 5.10 Å². The van der Waals surface area contributed by atoms with Gasteiger partial charge in [-0.3, -0.25) is 0 Å². The summed E-state index contributed by atoms with van der Waals surface area (Å²) >= 11 is 0. The highest BCUT2D eigenvalue weighted by molar-refractivity contribution is 5.84. The van der Waals surface area contributed by atoms with E-state index in [0.29, 0.717) is 12.1 Å². The number of carboxylic acids is 1. The summed E-state index contributed by atoms with van der Waals surface area (Å²) in [6.07, 6.45) is -3.92. The lowest BCUT2D eigenvalue weighted by Gasteiger charge is -2.09. The molecule has 0 spiro atoms. The molecule has 1 heterocycles. The maximum atomic E-state index is 13.1. The van der Waals surface area contributed by atoms with E-state index in [4.69, 9.17) is 5.11 Å². The van der Waals surface area contributed by atoms with Crippen LogP contribution in [0.25, 0.3) is 5.69 Å². The van der Waals surface area contributed by atoms with Gasteiger partial charge >= 0.3 is 12.1 Å². The van der Waals surface area contributed by atoms with Crippen molar-refractivity contribution < 1.29 is 27.5 Å². The zero-order valence-electron chi connectivity index (χ0n) is 9.02. The highest BCUT2D eigenvalue weighted by atomic mass is 19.4. The van der Waals surface area contributed by atoms with E-state index in [1.165, 1.54) is 0 Å². The van der Waals surface area contributed by atoms with Gasteiger partial charge in [-0.05, 0) is 18.2 Å². The Hall–Kier alpha value is -2.45. The van der Waals surface area contributed by atoms with Crippen molar-refractivity contribution in [3.63, 3.8) is 0 Å². The number of carbonyl (C=O) groups is 1. The van der Waals surface area contributed by atoms with Crippen molar-refractivity contribution in [3.8, 4) is 5.69 Å². The molecule has 0 unspecified atom stereocenters. The van der Waals surface area contributed by atoms with Crippen molar-refractivity contribution in [2.75, 3.05) is 0 Å². The van der Waals surface area contributed by atoms with E-state index in [-0.39, 0.29) is 5.69 Å². The largest absolute Gasteiger partial charge is 0.476 e. The van der Waals surface area contributed by atoms with Crippen LogP contribution in [0.5, 0.6) is 0 Å². The summed E-state index contributed by atoms with van der Waals surface area (Å²) < 4.78 is 51.4. The first kappa shape index (κ1) is 13.0. The van der Waals surface area contributed by atoms with Gasteiger partial charge in [-0.1, -0.05) is 5.21 Å². The summed E-state index contributed by atoms with van der Waals surface area (Å²) in [5.74, 6) is -2.79. The lowest BCUT2D eigenvalue weighted by molar-refractivity contribution is -0.140. The molecular weight excluding hydrogens is 270 g/mol. The monoisotopic (exact) mass is 275 g/mol. The number of halogens is 4. The van der Waals surface area contributed by atoms with Crippen LogP contribution in [0, 0.1) is 5.82 Å². The second-order valence-corrected chi connectivity index (χ2v) is 3.52. The second-order valence-electron chi connectivity index (χ2n) is 3.52. The first-order valence-electron chi connectivity index (χ1n) is 4.82. The molecule has 1 N–H and O–H groups in total. The third-order valence-electron chi connectivity index (χ3n) is 2.23. The van der Waals surface area contributed by atoms with Gasteiger partial charge in [0.2, 0.25) is 0 Å². The van der Waals surface area contributed by atoms with Gasteiger partial charge in [-0.25, -0.2) is 13.9 Å². The molecule has 2 rings (SSSR count). The molecule has 0 fully saturated rings. The number of aromatic nitrogens is 3. The lowest BCUT2D eigenvalue weighted by Crippen LogP contribution is -2.09. The highest BCUT2D eigenvalue weighted by Gasteiger charge is 2.34. The van der Waals surface area contributed by atoms with Crippen LogP contribution in [0.15, 0.2) is 24.4 Å². The van der Waals surface area contributed by atoms with E-state index in [1.54, 1.807) is 0 Å². The van der Waals surface area contributed by atoms with Crippen molar-refractivity contribution in [2.24, 2.45) is 0 Å². The number of alkyl halides is 3. The van der Waals surface area contributed by atoms with Gasteiger partial charge in [0.15, 0.2) is 5.69 Å². The van der Waals surface area contributed by atoms with Gasteiger partial charge in [0.1, 0.15) is 5.82 Å². The van der Waals surface area contributed by atoms with Crippen LogP contribution >= 0.6 is 0 Å². The van der Waals surface area contributed by atoms with Crippen molar-refractivity contribution in [1.82, 2.24) is 15.0 Å². The maximum absolute atomic E-state index is 13.1. The van der Waals surface area contributed by atoms with E-state index >= 15 is 0 Å². The molecule has 0 amide bonds. The first-order chi connectivity index (χ1) is 8.79. The molecular formula is C10H5F4N3O2. The van der Waals surface area contributed by atoms with Crippen LogP contribution in [0.4, 0.5) is 17.6 Å². The number of nitrogens with zero attached hydrogens (tertiary/aromatic N) is 3. The SMILES string of the molecule is O=C(O)c1cn(-c2ccc(F)c(C(F)(F)F)c2)nn1. The predicted molar refractivity (Wildman–Crippen MR) is 53.3 cm³/mol. The van der Waals surface area contributed by atoms with Gasteiger partial charge in [-0.2, -0.15) is 13.2 Å². The van der Waals surface area contributed by atoms with Crippen molar-refractivity contribution in [2.45, 2.75) is 6.18 Å². The minimum Gasteiger partial charge on any atom is -0.476 e. The quantitative estimate of drug-likeness (QED) is 0.852. The summed E-state index contributed by atoms with van der Waals surface area (Å²) in [5.41, 5.74) is -2.04. The van der Waals surface area contributed by atoms with Crippen LogP contribution in [0.3, 0.4) is 0 Å². The van der Waals surface area contributed by atoms with Crippen molar-refractivity contribution in [3.05, 3.63) is 41.5 Å². The van der Waals surface area contributed by atoms with Gasteiger partial charge in [0.25, 0.3) is 0 Å². The Balaban J connectivity index is 2.48. The summed E-state index contributed by atoms with van der Waals surface area (Å²) in [4.78, 5) is 10.6. The molecule has 1 aromatic carbocycles. The van der Waals surface area contributed by atoms with Crippen LogP contribution in [0.2, 0.25) is 0 Å². The molecule has 0 bridgehead atoms. The standard InChI is InChI=1S/C10H5F4N3O2/c11-7-2-1-5(3-6(7)10(12,13)14)17-4-8(9(18)19)15-16-17/h1-4H,(H,18,19). The van der Waals surface area contributed by atoms with Gasteiger partial charge in [0, 0.05) is 0 Å². The number of aromatic carboxylic acids is 1. The topological polar surface area (TPSA) is 68.0 Å². The van der Waals surface area contributed by atoms with Gasteiger partial charge < -0.3 is 5.11 Å². The van der Waals surface area contributed by atoms with Crippen LogP contribution < -0.4 is 0 Å². The number of carboxylic acid groups (broad SMARTS) is 1. The normalized spacial score (nSPS) is 11.6. The van der Waals surface area contributed by atoms with Crippen molar-refractivity contribution in [1.29, 1.82) is 0 Å². The van der Waals surface area contributed by atoms with Gasteiger partial charge in [0.05, 0.1) is 17.4 Å². The molecule has 0 saturated heterocycles. The second kappa shape index (κ2) is 4.34. The Bertz CT molecular complexity index is 636. The Labute approximate surface area is 103 Å². The molecule has 0 atom stereocenters. The molecule has 0 radical (unpaired) electrons. The number of hydrogen-bond acceptors (Lipinski definition) is 3. The molecule has 100 valence electrons. The third kappa shape index (κ3) is 2.54. The Morgan fingerprint density at radius 2 is 2.00 bits per heavy atom. The summed E-state index contributed by atoms with van der Waals surface area (Å²) in [6.45, 7) is 0. The predicted octanol–water partition coefficient (Wildman–Crippen LogP) is 2.12. The van der Waals surface area contributed by atoms with E-state index in [0.717, 1.165) is 16.9 Å². The fraction of sp³-hybridized carbons (Fsp3) is 0.100. The van der Waals surface area contributed by atoms with Crippen LogP contribution in [0.1, 0.15) is 16.1 Å². The zero-order valence-corrected chi connectivity index (χ0v) is 9.02. The molecule has 0 aliphatic carbocycles. The van der Waals surface area contributed by atoms with Crippen LogP contribution in [-0.2, 0) is 6.18 Å². The summed E-state index contributed by atoms with van der Waals surface area (Å²) in [7, 11) is 0. The number of benzene rings is 1. The molecule has 2 aromatic rings. The van der Waals surface area contributed by atoms with E-state index in [1.807, 2.05) is 0 Å². The lowest BCUT2D eigenvalue weighted by atomic mass is 10.2. The van der Waals surface area contributed by atoms with Crippen molar-refractivity contribution >= 4 is 5.97 Å². The average Bonchev–Trinajstić information content (AvgIpc) is 2.77. The highest BCUT2D eigenvalue weighted by Crippen LogP contribution is 2.32. The summed E-state index contributed by atoms with van der Waals surface area (Å²) in [6, 6.07) is 2.18.